The molecule has 110 valence electrons. The van der Waals surface area contributed by atoms with Crippen LogP contribution in [0.15, 0.2) is 36.4 Å². The lowest BCUT2D eigenvalue weighted by atomic mass is 10.1. The molecule has 0 fully saturated rings. The fourth-order valence-electron chi connectivity index (χ4n) is 2.02. The summed E-state index contributed by atoms with van der Waals surface area (Å²) in [5.41, 5.74) is 3.49. The van der Waals surface area contributed by atoms with Gasteiger partial charge in [-0.25, -0.2) is 0 Å². The van der Waals surface area contributed by atoms with E-state index in [9.17, 15) is 4.79 Å². The fourth-order valence-corrected chi connectivity index (χ4v) is 2.02. The zero-order chi connectivity index (χ0) is 15.4. The third-order valence-electron chi connectivity index (χ3n) is 3.47. The van der Waals surface area contributed by atoms with E-state index in [1.54, 1.807) is 32.4 Å². The molecule has 0 atom stereocenters. The Bertz CT molecular complexity index is 643. The molecule has 4 nitrogen and oxygen atoms in total. The van der Waals surface area contributed by atoms with E-state index in [2.05, 4.69) is 5.32 Å². The molecule has 0 spiro atoms. The van der Waals surface area contributed by atoms with E-state index in [0.717, 1.165) is 16.8 Å². The number of carbonyl (C=O) groups excluding carboxylic acids is 1. The van der Waals surface area contributed by atoms with Gasteiger partial charge in [-0.3, -0.25) is 4.79 Å². The van der Waals surface area contributed by atoms with Gasteiger partial charge >= 0.3 is 0 Å². The minimum Gasteiger partial charge on any atom is -0.497 e. The summed E-state index contributed by atoms with van der Waals surface area (Å²) in [6, 6.07) is 10.9. The van der Waals surface area contributed by atoms with Crippen LogP contribution in [0.2, 0.25) is 0 Å². The highest BCUT2D eigenvalue weighted by Crippen LogP contribution is 2.24. The zero-order valence-electron chi connectivity index (χ0n) is 12.7. The van der Waals surface area contributed by atoms with Gasteiger partial charge in [0.15, 0.2) is 0 Å². The molecular formula is C17H19NO3. The molecule has 0 heterocycles. The Morgan fingerprint density at radius 1 is 1.00 bits per heavy atom. The van der Waals surface area contributed by atoms with E-state index >= 15 is 0 Å². The van der Waals surface area contributed by atoms with E-state index in [1.165, 1.54) is 0 Å². The fraction of sp³-hybridized carbons (Fsp3) is 0.235. The number of anilines is 1. The number of carbonyl (C=O) groups is 1. The molecule has 2 rings (SSSR count). The SMILES string of the molecule is COc1cc(OC)cc(C(=O)Nc2cccc(C)c2C)c1. The second-order valence-corrected chi connectivity index (χ2v) is 4.80. The van der Waals surface area contributed by atoms with Crippen molar-refractivity contribution in [2.75, 3.05) is 19.5 Å². The van der Waals surface area contributed by atoms with Crippen molar-refractivity contribution in [3.8, 4) is 11.5 Å². The molecule has 0 aromatic heterocycles. The van der Waals surface area contributed by atoms with Gasteiger partial charge in [0.05, 0.1) is 14.2 Å². The Morgan fingerprint density at radius 3 is 2.19 bits per heavy atom. The van der Waals surface area contributed by atoms with Crippen LogP contribution >= 0.6 is 0 Å². The highest BCUT2D eigenvalue weighted by atomic mass is 16.5. The summed E-state index contributed by atoms with van der Waals surface area (Å²) in [7, 11) is 3.11. The number of methoxy groups -OCH3 is 2. The van der Waals surface area contributed by atoms with Gasteiger partial charge in [-0.2, -0.15) is 0 Å². The number of hydrogen-bond acceptors (Lipinski definition) is 3. The zero-order valence-corrected chi connectivity index (χ0v) is 12.7. The highest BCUT2D eigenvalue weighted by molar-refractivity contribution is 6.05. The summed E-state index contributed by atoms with van der Waals surface area (Å²) >= 11 is 0. The molecule has 1 amide bonds. The Kier molecular flexibility index (Phi) is 4.48. The van der Waals surface area contributed by atoms with Gasteiger partial charge < -0.3 is 14.8 Å². The van der Waals surface area contributed by atoms with Crippen molar-refractivity contribution < 1.29 is 14.3 Å². The van der Waals surface area contributed by atoms with Gasteiger partial charge in [-0.1, -0.05) is 12.1 Å². The van der Waals surface area contributed by atoms with Crippen molar-refractivity contribution in [3.63, 3.8) is 0 Å². The number of rotatable bonds is 4. The van der Waals surface area contributed by atoms with Crippen molar-refractivity contribution in [2.45, 2.75) is 13.8 Å². The Labute approximate surface area is 124 Å². The predicted molar refractivity (Wildman–Crippen MR) is 83.4 cm³/mol. The molecule has 0 unspecified atom stereocenters. The minimum atomic E-state index is -0.194. The number of aryl methyl sites for hydroxylation is 1. The summed E-state index contributed by atoms with van der Waals surface area (Å²) in [5, 5.41) is 2.92. The molecule has 4 heteroatoms. The first-order valence-corrected chi connectivity index (χ1v) is 6.65. The maximum absolute atomic E-state index is 12.4. The van der Waals surface area contributed by atoms with E-state index in [-0.39, 0.29) is 5.91 Å². The van der Waals surface area contributed by atoms with Crippen LogP contribution < -0.4 is 14.8 Å². The third kappa shape index (κ3) is 3.34. The van der Waals surface area contributed by atoms with E-state index in [1.807, 2.05) is 32.0 Å². The van der Waals surface area contributed by atoms with Crippen molar-refractivity contribution in [3.05, 3.63) is 53.1 Å². The number of ether oxygens (including phenoxy) is 2. The van der Waals surface area contributed by atoms with Crippen LogP contribution in [0, 0.1) is 13.8 Å². The molecule has 1 N–H and O–H groups in total. The molecule has 0 radical (unpaired) electrons. The minimum absolute atomic E-state index is 0.194. The molecule has 0 aliphatic heterocycles. The van der Waals surface area contributed by atoms with Crippen LogP contribution in [0.1, 0.15) is 21.5 Å². The highest BCUT2D eigenvalue weighted by Gasteiger charge is 2.11. The first kappa shape index (κ1) is 14.9. The number of nitrogens with one attached hydrogen (secondary N) is 1. The molecular weight excluding hydrogens is 266 g/mol. The largest absolute Gasteiger partial charge is 0.497 e. The summed E-state index contributed by atoms with van der Waals surface area (Å²) in [6.07, 6.45) is 0. The van der Waals surface area contributed by atoms with E-state index in [4.69, 9.17) is 9.47 Å². The molecule has 0 saturated heterocycles. The van der Waals surface area contributed by atoms with Gasteiger partial charge in [0.2, 0.25) is 0 Å². The standard InChI is InChI=1S/C17H19NO3/c1-11-6-5-7-16(12(11)2)18-17(19)13-8-14(20-3)10-15(9-13)21-4/h5-10H,1-4H3,(H,18,19). The summed E-state index contributed by atoms with van der Waals surface area (Å²) in [4.78, 5) is 12.4. The summed E-state index contributed by atoms with van der Waals surface area (Å²) in [6.45, 7) is 4.00. The smallest absolute Gasteiger partial charge is 0.255 e. The molecule has 2 aromatic carbocycles. The lowest BCUT2D eigenvalue weighted by Gasteiger charge is -2.12. The van der Waals surface area contributed by atoms with Crippen LogP contribution in [0.4, 0.5) is 5.69 Å². The Balaban J connectivity index is 2.30. The van der Waals surface area contributed by atoms with Crippen LogP contribution in [-0.2, 0) is 0 Å². The van der Waals surface area contributed by atoms with E-state index < -0.39 is 0 Å². The first-order valence-electron chi connectivity index (χ1n) is 6.65. The normalized spacial score (nSPS) is 10.1. The Morgan fingerprint density at radius 2 is 1.62 bits per heavy atom. The Hall–Kier alpha value is -2.49. The second kappa shape index (κ2) is 6.31. The molecule has 2 aromatic rings. The van der Waals surface area contributed by atoms with Crippen LogP contribution in [0.25, 0.3) is 0 Å². The van der Waals surface area contributed by atoms with Gasteiger partial charge in [-0.05, 0) is 43.2 Å². The van der Waals surface area contributed by atoms with E-state index in [0.29, 0.717) is 17.1 Å². The third-order valence-corrected chi connectivity index (χ3v) is 3.47. The number of hydrogen-bond donors (Lipinski definition) is 1. The van der Waals surface area contributed by atoms with Gasteiger partial charge in [0.25, 0.3) is 5.91 Å². The average Bonchev–Trinajstić information content (AvgIpc) is 2.51. The lowest BCUT2D eigenvalue weighted by molar-refractivity contribution is 0.102. The van der Waals surface area contributed by atoms with Crippen molar-refractivity contribution >= 4 is 11.6 Å². The maximum atomic E-state index is 12.4. The van der Waals surface area contributed by atoms with Crippen molar-refractivity contribution in [2.24, 2.45) is 0 Å². The number of benzene rings is 2. The molecule has 21 heavy (non-hydrogen) atoms. The van der Waals surface area contributed by atoms with Crippen LogP contribution in [0.5, 0.6) is 11.5 Å². The average molecular weight is 285 g/mol. The lowest BCUT2D eigenvalue weighted by Crippen LogP contribution is -2.13. The molecule has 0 aliphatic rings. The van der Waals surface area contributed by atoms with Gasteiger partial charge in [-0.15, -0.1) is 0 Å². The van der Waals surface area contributed by atoms with Gasteiger partial charge in [0.1, 0.15) is 11.5 Å². The van der Waals surface area contributed by atoms with Crippen molar-refractivity contribution in [1.82, 2.24) is 0 Å². The molecule has 0 saturated carbocycles. The van der Waals surface area contributed by atoms with Crippen LogP contribution in [-0.4, -0.2) is 20.1 Å². The van der Waals surface area contributed by atoms with Gasteiger partial charge in [0, 0.05) is 17.3 Å². The monoisotopic (exact) mass is 285 g/mol. The number of amides is 1. The van der Waals surface area contributed by atoms with Crippen molar-refractivity contribution in [1.29, 1.82) is 0 Å². The topological polar surface area (TPSA) is 47.6 Å². The summed E-state index contributed by atoms with van der Waals surface area (Å²) < 4.78 is 10.4. The second-order valence-electron chi connectivity index (χ2n) is 4.80. The molecule has 0 aliphatic carbocycles. The van der Waals surface area contributed by atoms with Crippen LogP contribution in [0.3, 0.4) is 0 Å². The predicted octanol–water partition coefficient (Wildman–Crippen LogP) is 3.57. The maximum Gasteiger partial charge on any atom is 0.255 e. The molecule has 0 bridgehead atoms. The first-order chi connectivity index (χ1) is 10.0. The quantitative estimate of drug-likeness (QED) is 0.934. The summed E-state index contributed by atoms with van der Waals surface area (Å²) in [5.74, 6) is 0.974.